The van der Waals surface area contributed by atoms with Crippen molar-refractivity contribution in [3.05, 3.63) is 42.2 Å². The summed E-state index contributed by atoms with van der Waals surface area (Å²) in [6, 6.07) is 7.57. The molecule has 2 aromatic heterocycles. The van der Waals surface area contributed by atoms with E-state index in [1.165, 1.54) is 0 Å². The van der Waals surface area contributed by atoms with Crippen molar-refractivity contribution in [3.8, 4) is 5.88 Å². The van der Waals surface area contributed by atoms with E-state index in [0.717, 1.165) is 11.4 Å². The quantitative estimate of drug-likeness (QED) is 0.874. The lowest BCUT2D eigenvalue weighted by Gasteiger charge is -2.13. The van der Waals surface area contributed by atoms with Crippen LogP contribution in [0, 0.1) is 0 Å². The molecule has 0 saturated carbocycles. The first-order chi connectivity index (χ1) is 8.75. The lowest BCUT2D eigenvalue weighted by Crippen LogP contribution is -2.11. The molecule has 2 rings (SSSR count). The van der Waals surface area contributed by atoms with Crippen molar-refractivity contribution >= 4 is 5.82 Å². The Morgan fingerprint density at radius 2 is 2.06 bits per heavy atom. The molecule has 0 atom stereocenters. The van der Waals surface area contributed by atoms with Gasteiger partial charge in [-0.3, -0.25) is 0 Å². The van der Waals surface area contributed by atoms with Gasteiger partial charge >= 0.3 is 0 Å². The van der Waals surface area contributed by atoms with Crippen LogP contribution in [0.2, 0.25) is 0 Å². The molecule has 5 nitrogen and oxygen atoms in total. The van der Waals surface area contributed by atoms with Crippen LogP contribution < -0.4 is 10.1 Å². The molecule has 0 bridgehead atoms. The Balaban J connectivity index is 2.05. The second-order valence-electron chi connectivity index (χ2n) is 4.10. The van der Waals surface area contributed by atoms with E-state index in [-0.39, 0.29) is 6.10 Å². The van der Waals surface area contributed by atoms with E-state index in [4.69, 9.17) is 4.74 Å². The molecule has 1 N–H and O–H groups in total. The van der Waals surface area contributed by atoms with E-state index < -0.39 is 0 Å². The number of pyridine rings is 1. The molecular weight excluding hydrogens is 228 g/mol. The van der Waals surface area contributed by atoms with Gasteiger partial charge in [0.25, 0.3) is 0 Å². The maximum absolute atomic E-state index is 5.65. The standard InChI is InChI=1S/C13H16N4O/c1-10(2)18-13-11(5-3-7-14-13)9-15-12-6-4-8-16-17-12/h3-8,10H,9H2,1-2H3,(H,15,17). The monoisotopic (exact) mass is 244 g/mol. The summed E-state index contributed by atoms with van der Waals surface area (Å²) in [5.74, 6) is 1.39. The molecule has 0 aliphatic carbocycles. The Labute approximate surface area is 106 Å². The highest BCUT2D eigenvalue weighted by molar-refractivity contribution is 5.35. The number of anilines is 1. The van der Waals surface area contributed by atoms with Gasteiger partial charge in [-0.1, -0.05) is 6.07 Å². The molecule has 0 saturated heterocycles. The molecule has 2 heterocycles. The lowest BCUT2D eigenvalue weighted by atomic mass is 10.2. The highest BCUT2D eigenvalue weighted by Gasteiger charge is 2.06. The third-order valence-electron chi connectivity index (χ3n) is 2.23. The van der Waals surface area contributed by atoms with Crippen molar-refractivity contribution in [1.29, 1.82) is 0 Å². The first-order valence-electron chi connectivity index (χ1n) is 5.88. The number of hydrogen-bond acceptors (Lipinski definition) is 5. The van der Waals surface area contributed by atoms with Crippen LogP contribution in [0.15, 0.2) is 36.7 Å². The number of aromatic nitrogens is 3. The number of nitrogens with one attached hydrogen (secondary N) is 1. The first-order valence-corrected chi connectivity index (χ1v) is 5.88. The minimum Gasteiger partial charge on any atom is -0.475 e. The summed E-state index contributed by atoms with van der Waals surface area (Å²) < 4.78 is 5.65. The Kier molecular flexibility index (Phi) is 4.06. The Morgan fingerprint density at radius 1 is 1.22 bits per heavy atom. The van der Waals surface area contributed by atoms with Crippen molar-refractivity contribution in [2.75, 3.05) is 5.32 Å². The maximum atomic E-state index is 5.65. The van der Waals surface area contributed by atoms with Gasteiger partial charge < -0.3 is 10.1 Å². The Morgan fingerprint density at radius 3 is 2.78 bits per heavy atom. The fourth-order valence-corrected chi connectivity index (χ4v) is 1.47. The van der Waals surface area contributed by atoms with E-state index >= 15 is 0 Å². The van der Waals surface area contributed by atoms with Crippen LogP contribution in [0.4, 0.5) is 5.82 Å². The second kappa shape index (κ2) is 5.95. The lowest BCUT2D eigenvalue weighted by molar-refractivity contribution is 0.230. The molecule has 0 aromatic carbocycles. The zero-order valence-corrected chi connectivity index (χ0v) is 10.5. The van der Waals surface area contributed by atoms with Crippen molar-refractivity contribution in [1.82, 2.24) is 15.2 Å². The largest absolute Gasteiger partial charge is 0.475 e. The fraction of sp³-hybridized carbons (Fsp3) is 0.308. The second-order valence-corrected chi connectivity index (χ2v) is 4.10. The SMILES string of the molecule is CC(C)Oc1ncccc1CNc1cccnn1. The molecule has 94 valence electrons. The minimum atomic E-state index is 0.107. The van der Waals surface area contributed by atoms with Crippen molar-refractivity contribution in [2.24, 2.45) is 0 Å². The van der Waals surface area contributed by atoms with Gasteiger partial charge in [0.1, 0.15) is 5.82 Å². The number of ether oxygens (including phenoxy) is 1. The Hall–Kier alpha value is -2.17. The molecule has 0 unspecified atom stereocenters. The van der Waals surface area contributed by atoms with Crippen LogP contribution in [0.25, 0.3) is 0 Å². The van der Waals surface area contributed by atoms with Gasteiger partial charge in [0.15, 0.2) is 0 Å². The van der Waals surface area contributed by atoms with Gasteiger partial charge in [-0.2, -0.15) is 5.10 Å². The first kappa shape index (κ1) is 12.3. The molecule has 5 heteroatoms. The summed E-state index contributed by atoms with van der Waals surface area (Å²) in [7, 11) is 0. The minimum absolute atomic E-state index is 0.107. The fourth-order valence-electron chi connectivity index (χ4n) is 1.47. The third-order valence-corrected chi connectivity index (χ3v) is 2.23. The predicted molar refractivity (Wildman–Crippen MR) is 69.4 cm³/mol. The van der Waals surface area contributed by atoms with Crippen LogP contribution >= 0.6 is 0 Å². The van der Waals surface area contributed by atoms with E-state index in [2.05, 4.69) is 20.5 Å². The summed E-state index contributed by atoms with van der Waals surface area (Å²) in [5.41, 5.74) is 0.997. The van der Waals surface area contributed by atoms with E-state index in [9.17, 15) is 0 Å². The van der Waals surface area contributed by atoms with Crippen molar-refractivity contribution in [2.45, 2.75) is 26.5 Å². The molecule has 0 radical (unpaired) electrons. The number of hydrogen-bond donors (Lipinski definition) is 1. The van der Waals surface area contributed by atoms with Crippen LogP contribution in [0.3, 0.4) is 0 Å². The van der Waals surface area contributed by atoms with E-state index in [1.54, 1.807) is 12.4 Å². The molecular formula is C13H16N4O. The van der Waals surface area contributed by atoms with Gasteiger partial charge in [0.2, 0.25) is 5.88 Å². The predicted octanol–water partition coefficient (Wildman–Crippen LogP) is 2.27. The molecule has 0 fully saturated rings. The summed E-state index contributed by atoms with van der Waals surface area (Å²) in [6.45, 7) is 4.57. The number of nitrogens with zero attached hydrogens (tertiary/aromatic N) is 3. The van der Waals surface area contributed by atoms with Gasteiger partial charge in [-0.25, -0.2) is 4.98 Å². The summed E-state index contributed by atoms with van der Waals surface area (Å²) in [6.07, 6.45) is 3.47. The summed E-state index contributed by atoms with van der Waals surface area (Å²) in [5, 5.41) is 11.0. The molecule has 18 heavy (non-hydrogen) atoms. The smallest absolute Gasteiger partial charge is 0.218 e. The van der Waals surface area contributed by atoms with Crippen LogP contribution in [-0.2, 0) is 6.54 Å². The van der Waals surface area contributed by atoms with Crippen LogP contribution in [0.1, 0.15) is 19.4 Å². The van der Waals surface area contributed by atoms with Crippen LogP contribution in [-0.4, -0.2) is 21.3 Å². The average molecular weight is 244 g/mol. The van der Waals surface area contributed by atoms with E-state index in [1.807, 2.05) is 38.1 Å². The summed E-state index contributed by atoms with van der Waals surface area (Å²) in [4.78, 5) is 4.23. The topological polar surface area (TPSA) is 59.9 Å². The van der Waals surface area contributed by atoms with Gasteiger partial charge in [0.05, 0.1) is 6.10 Å². The molecule has 0 spiro atoms. The zero-order valence-electron chi connectivity index (χ0n) is 10.5. The highest BCUT2D eigenvalue weighted by atomic mass is 16.5. The molecule has 2 aromatic rings. The molecule has 0 aliphatic heterocycles. The zero-order chi connectivity index (χ0) is 12.8. The van der Waals surface area contributed by atoms with Crippen LogP contribution in [0.5, 0.6) is 5.88 Å². The average Bonchev–Trinajstić information content (AvgIpc) is 2.38. The summed E-state index contributed by atoms with van der Waals surface area (Å²) >= 11 is 0. The van der Waals surface area contributed by atoms with Crippen molar-refractivity contribution < 1.29 is 4.74 Å². The van der Waals surface area contributed by atoms with E-state index in [0.29, 0.717) is 12.4 Å². The molecule has 0 amide bonds. The highest BCUT2D eigenvalue weighted by Crippen LogP contribution is 2.16. The van der Waals surface area contributed by atoms with Gasteiger partial charge in [0, 0.05) is 24.5 Å². The Bertz CT molecular complexity index is 487. The maximum Gasteiger partial charge on any atom is 0.218 e. The third kappa shape index (κ3) is 3.41. The normalized spacial score (nSPS) is 10.4. The van der Waals surface area contributed by atoms with Crippen molar-refractivity contribution in [3.63, 3.8) is 0 Å². The number of rotatable bonds is 5. The molecule has 0 aliphatic rings. The van der Waals surface area contributed by atoms with Gasteiger partial charge in [-0.15, -0.1) is 5.10 Å². The van der Waals surface area contributed by atoms with Gasteiger partial charge in [-0.05, 0) is 32.0 Å².